The van der Waals surface area contributed by atoms with E-state index >= 15 is 0 Å². The Morgan fingerprint density at radius 1 is 1.17 bits per heavy atom. The summed E-state index contributed by atoms with van der Waals surface area (Å²) < 4.78 is 0. The highest BCUT2D eigenvalue weighted by molar-refractivity contribution is 8.00. The van der Waals surface area contributed by atoms with E-state index in [0.717, 1.165) is 11.1 Å². The van der Waals surface area contributed by atoms with E-state index in [1.165, 1.54) is 16.7 Å². The number of hydrogen-bond acceptors (Lipinski definition) is 6. The molecule has 0 bridgehead atoms. The van der Waals surface area contributed by atoms with E-state index in [2.05, 4.69) is 15.3 Å². The highest BCUT2D eigenvalue weighted by Crippen LogP contribution is 2.41. The van der Waals surface area contributed by atoms with Crippen LogP contribution in [0.3, 0.4) is 0 Å². The smallest absolute Gasteiger partial charge is 0.352 e. The van der Waals surface area contributed by atoms with Crippen molar-refractivity contribution in [3.8, 4) is 0 Å². The molecule has 2 N–H and O–H groups in total. The summed E-state index contributed by atoms with van der Waals surface area (Å²) in [6.07, 6.45) is 7.09. The number of fused-ring (bicyclic) bond motifs is 1. The molecule has 1 fully saturated rings. The highest BCUT2D eigenvalue weighted by atomic mass is 32.2. The third-order valence-corrected chi connectivity index (χ3v) is 6.16. The van der Waals surface area contributed by atoms with Crippen LogP contribution < -0.4 is 5.32 Å². The van der Waals surface area contributed by atoms with Gasteiger partial charge in [0.2, 0.25) is 5.91 Å². The number of rotatable bonds is 6. The lowest BCUT2D eigenvalue weighted by atomic mass is 9.99. The Balaban J connectivity index is 1.48. The van der Waals surface area contributed by atoms with Crippen LogP contribution in [0.2, 0.25) is 0 Å². The number of thioether (sulfide) groups is 1. The minimum atomic E-state index is -1.14. The average Bonchev–Trinajstić information content (AvgIpc) is 2.73. The van der Waals surface area contributed by atoms with E-state index in [4.69, 9.17) is 0 Å². The fourth-order valence-corrected chi connectivity index (χ4v) is 4.82. The van der Waals surface area contributed by atoms with Gasteiger partial charge in [0.1, 0.15) is 17.1 Å². The molecule has 2 unspecified atom stereocenters. The Morgan fingerprint density at radius 2 is 1.97 bits per heavy atom. The van der Waals surface area contributed by atoms with Crippen molar-refractivity contribution in [1.29, 1.82) is 0 Å². The third-order valence-electron chi connectivity index (χ3n) is 4.82. The first-order valence-corrected chi connectivity index (χ1v) is 10.1. The molecule has 0 radical (unpaired) electrons. The van der Waals surface area contributed by atoms with Crippen molar-refractivity contribution >= 4 is 29.5 Å². The number of nitrogens with zero attached hydrogens (tertiary/aromatic N) is 3. The van der Waals surface area contributed by atoms with Gasteiger partial charge in [0.05, 0.1) is 6.42 Å². The molecular formula is C20H18N4O4S. The number of β-lactam (4-membered cyclic amide) rings is 1. The summed E-state index contributed by atoms with van der Waals surface area (Å²) in [5.41, 5.74) is 2.36. The molecule has 2 aromatic heterocycles. The highest BCUT2D eigenvalue weighted by Gasteiger charge is 2.54. The molecule has 4 rings (SSSR count). The van der Waals surface area contributed by atoms with Gasteiger partial charge in [-0.3, -0.25) is 24.5 Å². The van der Waals surface area contributed by atoms with E-state index in [-0.39, 0.29) is 18.0 Å². The minimum absolute atomic E-state index is 0.0160. The summed E-state index contributed by atoms with van der Waals surface area (Å²) in [6.45, 7) is 0. The quantitative estimate of drug-likeness (QED) is 0.683. The van der Waals surface area contributed by atoms with E-state index in [0.29, 0.717) is 17.7 Å². The van der Waals surface area contributed by atoms with Crippen LogP contribution in [0.25, 0.3) is 0 Å². The van der Waals surface area contributed by atoms with Crippen molar-refractivity contribution in [2.75, 3.05) is 5.75 Å². The predicted molar refractivity (Wildman–Crippen MR) is 106 cm³/mol. The first kappa shape index (κ1) is 19.1. The molecule has 0 aromatic carbocycles. The minimum Gasteiger partial charge on any atom is -0.477 e. The molecule has 29 heavy (non-hydrogen) atoms. The number of aliphatic carboxylic acids is 1. The van der Waals surface area contributed by atoms with Crippen molar-refractivity contribution in [3.63, 3.8) is 0 Å². The second-order valence-electron chi connectivity index (χ2n) is 6.78. The fraction of sp³-hybridized carbons (Fsp3) is 0.250. The molecule has 2 aliphatic rings. The van der Waals surface area contributed by atoms with Gasteiger partial charge in [-0.15, -0.1) is 11.8 Å². The first-order valence-electron chi connectivity index (χ1n) is 9.02. The Labute approximate surface area is 171 Å². The molecule has 2 atom stereocenters. The molecule has 2 aliphatic heterocycles. The monoisotopic (exact) mass is 410 g/mol. The number of aromatic nitrogens is 2. The van der Waals surface area contributed by atoms with Crippen LogP contribution in [0.5, 0.6) is 0 Å². The molecule has 148 valence electrons. The number of amides is 2. The van der Waals surface area contributed by atoms with Gasteiger partial charge in [0.15, 0.2) is 0 Å². The van der Waals surface area contributed by atoms with Gasteiger partial charge < -0.3 is 10.4 Å². The molecule has 8 nitrogen and oxygen atoms in total. The summed E-state index contributed by atoms with van der Waals surface area (Å²) >= 11 is 1.46. The van der Waals surface area contributed by atoms with Gasteiger partial charge >= 0.3 is 5.97 Å². The molecule has 4 heterocycles. The van der Waals surface area contributed by atoms with E-state index in [9.17, 15) is 19.5 Å². The van der Waals surface area contributed by atoms with Crippen LogP contribution in [-0.4, -0.2) is 54.9 Å². The van der Waals surface area contributed by atoms with Gasteiger partial charge in [-0.2, -0.15) is 0 Å². The molecule has 1 saturated heterocycles. The second kappa shape index (κ2) is 8.04. The number of pyridine rings is 2. The van der Waals surface area contributed by atoms with Gasteiger partial charge in [0.25, 0.3) is 5.91 Å². The Morgan fingerprint density at radius 3 is 2.66 bits per heavy atom. The van der Waals surface area contributed by atoms with Crippen molar-refractivity contribution in [3.05, 3.63) is 71.4 Å². The van der Waals surface area contributed by atoms with Crippen LogP contribution in [0.15, 0.2) is 60.3 Å². The average molecular weight is 410 g/mol. The maximum Gasteiger partial charge on any atom is 0.352 e. The molecule has 0 aliphatic carbocycles. The normalized spacial score (nSPS) is 20.7. The van der Waals surface area contributed by atoms with Gasteiger partial charge in [0, 0.05) is 30.5 Å². The van der Waals surface area contributed by atoms with Crippen LogP contribution >= 0.6 is 11.8 Å². The van der Waals surface area contributed by atoms with Crippen LogP contribution in [-0.2, 0) is 27.2 Å². The molecule has 2 aromatic rings. The maximum atomic E-state index is 12.7. The van der Waals surface area contributed by atoms with Gasteiger partial charge in [-0.1, -0.05) is 6.07 Å². The van der Waals surface area contributed by atoms with Crippen LogP contribution in [0.4, 0.5) is 0 Å². The van der Waals surface area contributed by atoms with Crippen LogP contribution in [0, 0.1) is 0 Å². The van der Waals surface area contributed by atoms with E-state index in [1.807, 2.05) is 6.07 Å². The molecule has 9 heteroatoms. The number of nitrogens with one attached hydrogen (secondary N) is 1. The van der Waals surface area contributed by atoms with Gasteiger partial charge in [-0.25, -0.2) is 4.79 Å². The summed E-state index contributed by atoms with van der Waals surface area (Å²) in [5.74, 6) is -1.34. The van der Waals surface area contributed by atoms with E-state index < -0.39 is 23.3 Å². The number of carboxylic acid groups (broad SMARTS) is 1. The van der Waals surface area contributed by atoms with Crippen LogP contribution in [0.1, 0.15) is 11.1 Å². The first-order chi connectivity index (χ1) is 14.0. The summed E-state index contributed by atoms with van der Waals surface area (Å²) in [4.78, 5) is 46.1. The van der Waals surface area contributed by atoms with Crippen molar-refractivity contribution < 1.29 is 19.5 Å². The zero-order chi connectivity index (χ0) is 20.4. The fourth-order valence-electron chi connectivity index (χ4n) is 3.48. The Hall–Kier alpha value is -3.20. The molecule has 0 spiro atoms. The number of hydrogen-bond donors (Lipinski definition) is 2. The van der Waals surface area contributed by atoms with Crippen molar-refractivity contribution in [2.24, 2.45) is 0 Å². The molecular weight excluding hydrogens is 392 g/mol. The number of carboxylic acids is 1. The molecule has 2 amide bonds. The predicted octanol–water partition coefficient (Wildman–Crippen LogP) is 1.00. The third kappa shape index (κ3) is 3.86. The number of carbonyl (C=O) groups excluding carboxylic acids is 2. The number of carbonyl (C=O) groups is 3. The van der Waals surface area contributed by atoms with Crippen molar-refractivity contribution in [2.45, 2.75) is 24.3 Å². The maximum absolute atomic E-state index is 12.7. The lowest BCUT2D eigenvalue weighted by molar-refractivity contribution is -0.150. The van der Waals surface area contributed by atoms with Gasteiger partial charge in [-0.05, 0) is 41.3 Å². The lowest BCUT2D eigenvalue weighted by Crippen LogP contribution is -2.70. The zero-order valence-electron chi connectivity index (χ0n) is 15.3. The summed E-state index contributed by atoms with van der Waals surface area (Å²) in [5, 5.41) is 12.1. The Kier molecular flexibility index (Phi) is 5.30. The van der Waals surface area contributed by atoms with E-state index in [1.54, 1.807) is 43.0 Å². The Bertz CT molecular complexity index is 980. The second-order valence-corrected chi connectivity index (χ2v) is 7.89. The van der Waals surface area contributed by atoms with Crippen molar-refractivity contribution in [1.82, 2.24) is 20.2 Å². The zero-order valence-corrected chi connectivity index (χ0v) is 16.1. The summed E-state index contributed by atoms with van der Waals surface area (Å²) in [6, 6.07) is 6.41. The molecule has 0 saturated carbocycles. The summed E-state index contributed by atoms with van der Waals surface area (Å²) in [7, 11) is 0. The largest absolute Gasteiger partial charge is 0.477 e. The topological polar surface area (TPSA) is 112 Å². The standard InChI is InChI=1S/C20H18N4O4S/c25-15(9-12-3-6-21-7-4-12)23-16-18(26)24-17(20(27)28)14(11-29-19(16)24)8-13-2-1-5-22-10-13/h1-7,10,16,19H,8-9,11H2,(H,23,25)(H,27,28). The lowest BCUT2D eigenvalue weighted by Gasteiger charge is -2.49. The SMILES string of the molecule is O=C(Cc1ccncc1)NC1C(=O)N2C(C(=O)O)=C(Cc3cccnc3)CSC12.